The number of rotatable bonds is 1. The highest BCUT2D eigenvalue weighted by molar-refractivity contribution is 7.81. The van der Waals surface area contributed by atoms with Crippen LogP contribution in [-0.4, -0.2) is 47.7 Å². The van der Waals surface area contributed by atoms with Gasteiger partial charge in [-0.15, -0.1) is 0 Å². The van der Waals surface area contributed by atoms with Crippen LogP contribution in [0.1, 0.15) is 0 Å². The van der Waals surface area contributed by atoms with Crippen molar-refractivity contribution in [3.8, 4) is 0 Å². The molecule has 11 heavy (non-hydrogen) atoms. The first kappa shape index (κ1) is 9.28. The molecule has 1 saturated heterocycles. The number of thiol groups is 1. The quantitative estimate of drug-likeness (QED) is 0.453. The summed E-state index contributed by atoms with van der Waals surface area (Å²) >= 11 is 4.00. The van der Waals surface area contributed by atoms with Crippen molar-refractivity contribution in [2.45, 2.75) is 23.7 Å². The third-order valence-electron chi connectivity index (χ3n) is 1.69. The molecule has 0 aromatic rings. The molecule has 4 unspecified atom stereocenters. The van der Waals surface area contributed by atoms with E-state index in [9.17, 15) is 10.2 Å². The molecular weight excluding hydrogens is 168 g/mol. The molecule has 4 atom stereocenters. The van der Waals surface area contributed by atoms with Gasteiger partial charge in [-0.2, -0.15) is 12.6 Å². The number of hydrogen-bond acceptors (Lipinski definition) is 5. The van der Waals surface area contributed by atoms with E-state index in [-0.39, 0.29) is 5.25 Å². The van der Waals surface area contributed by atoms with Crippen molar-refractivity contribution >= 4 is 12.6 Å². The van der Waals surface area contributed by atoms with E-state index in [1.54, 1.807) is 0 Å². The average Bonchev–Trinajstić information content (AvgIpc) is 2.01. The van der Waals surface area contributed by atoms with Crippen LogP contribution < -0.4 is 0 Å². The fourth-order valence-corrected chi connectivity index (χ4v) is 1.25. The van der Waals surface area contributed by atoms with Gasteiger partial charge in [0.15, 0.2) is 6.29 Å². The topological polar surface area (TPSA) is 58.9 Å². The summed E-state index contributed by atoms with van der Waals surface area (Å²) in [5.41, 5.74) is 0. The van der Waals surface area contributed by atoms with Crippen LogP contribution in [0.2, 0.25) is 0 Å². The van der Waals surface area contributed by atoms with Crippen molar-refractivity contribution in [2.75, 3.05) is 13.7 Å². The molecule has 0 saturated carbocycles. The summed E-state index contributed by atoms with van der Waals surface area (Å²) in [6.07, 6.45) is -2.61. The van der Waals surface area contributed by atoms with Crippen molar-refractivity contribution in [3.63, 3.8) is 0 Å². The van der Waals surface area contributed by atoms with E-state index in [4.69, 9.17) is 9.47 Å². The summed E-state index contributed by atoms with van der Waals surface area (Å²) in [5.74, 6) is 0. The Hall–Kier alpha value is 0.190. The average molecular weight is 180 g/mol. The fraction of sp³-hybridized carbons (Fsp3) is 1.00. The standard InChI is InChI=1S/C6H12O4S/c1-9-6-5(8)4(7)3(11)2-10-6/h3-8,11H,2H2,1H3. The summed E-state index contributed by atoms with van der Waals surface area (Å²) in [6.45, 7) is 0.292. The first-order chi connectivity index (χ1) is 5.16. The highest BCUT2D eigenvalue weighted by Crippen LogP contribution is 2.19. The Morgan fingerprint density at radius 1 is 1.45 bits per heavy atom. The van der Waals surface area contributed by atoms with E-state index >= 15 is 0 Å². The van der Waals surface area contributed by atoms with E-state index in [0.29, 0.717) is 6.61 Å². The maximum absolute atomic E-state index is 9.26. The second kappa shape index (κ2) is 3.73. The van der Waals surface area contributed by atoms with Crippen molar-refractivity contribution in [2.24, 2.45) is 0 Å². The molecule has 0 aromatic heterocycles. The van der Waals surface area contributed by atoms with Crippen LogP contribution in [-0.2, 0) is 9.47 Å². The summed E-state index contributed by atoms with van der Waals surface area (Å²) in [7, 11) is 1.42. The Labute approximate surface area is 70.5 Å². The first-order valence-electron chi connectivity index (χ1n) is 3.35. The Balaban J connectivity index is 2.52. The predicted octanol–water partition coefficient (Wildman–Crippen LogP) is -0.991. The Bertz CT molecular complexity index is 130. The normalized spacial score (nSPS) is 45.8. The molecule has 0 aliphatic carbocycles. The molecule has 1 fully saturated rings. The third kappa shape index (κ3) is 1.86. The highest BCUT2D eigenvalue weighted by atomic mass is 32.1. The zero-order chi connectivity index (χ0) is 8.43. The monoisotopic (exact) mass is 180 g/mol. The smallest absolute Gasteiger partial charge is 0.185 e. The number of hydrogen-bond donors (Lipinski definition) is 3. The Kier molecular flexibility index (Phi) is 3.15. The maximum atomic E-state index is 9.26. The lowest BCUT2D eigenvalue weighted by atomic mass is 10.1. The van der Waals surface area contributed by atoms with Gasteiger partial charge in [-0.25, -0.2) is 0 Å². The minimum absolute atomic E-state index is 0.292. The lowest BCUT2D eigenvalue weighted by Crippen LogP contribution is -2.51. The van der Waals surface area contributed by atoms with Crippen LogP contribution in [0, 0.1) is 0 Å². The molecule has 0 spiro atoms. The maximum Gasteiger partial charge on any atom is 0.185 e. The van der Waals surface area contributed by atoms with Gasteiger partial charge in [-0.05, 0) is 0 Å². The number of aliphatic hydroxyl groups is 2. The summed E-state index contributed by atoms with van der Waals surface area (Å²) in [6, 6.07) is 0. The lowest BCUT2D eigenvalue weighted by Gasteiger charge is -2.34. The molecule has 5 heteroatoms. The molecule has 1 aliphatic heterocycles. The van der Waals surface area contributed by atoms with Gasteiger partial charge in [0.25, 0.3) is 0 Å². The van der Waals surface area contributed by atoms with Crippen molar-refractivity contribution in [3.05, 3.63) is 0 Å². The first-order valence-corrected chi connectivity index (χ1v) is 3.87. The molecule has 0 radical (unpaired) electrons. The van der Waals surface area contributed by atoms with Crippen molar-refractivity contribution < 1.29 is 19.7 Å². The molecule has 4 nitrogen and oxygen atoms in total. The van der Waals surface area contributed by atoms with Crippen LogP contribution in [0.25, 0.3) is 0 Å². The summed E-state index contributed by atoms with van der Waals surface area (Å²) in [5, 5.41) is 18.2. The van der Waals surface area contributed by atoms with E-state index in [1.165, 1.54) is 7.11 Å². The number of aliphatic hydroxyl groups excluding tert-OH is 2. The van der Waals surface area contributed by atoms with Gasteiger partial charge in [0, 0.05) is 7.11 Å². The van der Waals surface area contributed by atoms with Crippen LogP contribution in [0.3, 0.4) is 0 Å². The van der Waals surface area contributed by atoms with Crippen molar-refractivity contribution in [1.29, 1.82) is 0 Å². The molecule has 0 aromatic carbocycles. The minimum atomic E-state index is -1.00. The third-order valence-corrected chi connectivity index (χ3v) is 2.14. The predicted molar refractivity (Wildman–Crippen MR) is 41.5 cm³/mol. The lowest BCUT2D eigenvalue weighted by molar-refractivity contribution is -0.229. The Morgan fingerprint density at radius 2 is 2.09 bits per heavy atom. The zero-order valence-corrected chi connectivity index (χ0v) is 7.07. The largest absolute Gasteiger partial charge is 0.389 e. The van der Waals surface area contributed by atoms with Crippen LogP contribution in [0.5, 0.6) is 0 Å². The van der Waals surface area contributed by atoms with E-state index in [2.05, 4.69) is 12.6 Å². The molecule has 66 valence electrons. The molecule has 0 bridgehead atoms. The summed E-state index contributed by atoms with van der Waals surface area (Å²) in [4.78, 5) is 0. The van der Waals surface area contributed by atoms with E-state index in [0.717, 1.165) is 0 Å². The molecule has 1 heterocycles. The summed E-state index contributed by atoms with van der Waals surface area (Å²) < 4.78 is 9.77. The molecule has 2 N–H and O–H groups in total. The fourth-order valence-electron chi connectivity index (χ4n) is 0.987. The second-order valence-corrected chi connectivity index (χ2v) is 3.15. The van der Waals surface area contributed by atoms with E-state index < -0.39 is 18.5 Å². The second-order valence-electron chi connectivity index (χ2n) is 2.49. The van der Waals surface area contributed by atoms with Gasteiger partial charge in [-0.3, -0.25) is 0 Å². The Morgan fingerprint density at radius 3 is 2.64 bits per heavy atom. The number of methoxy groups -OCH3 is 1. The molecule has 0 amide bonds. The van der Waals surface area contributed by atoms with Gasteiger partial charge in [0.05, 0.1) is 18.0 Å². The zero-order valence-electron chi connectivity index (χ0n) is 6.17. The number of ether oxygens (including phenoxy) is 2. The van der Waals surface area contributed by atoms with Gasteiger partial charge < -0.3 is 19.7 Å². The van der Waals surface area contributed by atoms with Gasteiger partial charge in [-0.1, -0.05) is 0 Å². The van der Waals surface area contributed by atoms with Crippen LogP contribution >= 0.6 is 12.6 Å². The van der Waals surface area contributed by atoms with Crippen molar-refractivity contribution in [1.82, 2.24) is 0 Å². The van der Waals surface area contributed by atoms with Crippen LogP contribution in [0.15, 0.2) is 0 Å². The molecular formula is C6H12O4S. The minimum Gasteiger partial charge on any atom is -0.389 e. The SMILES string of the molecule is COC1OCC(S)C(O)C1O. The molecule has 1 rings (SSSR count). The van der Waals surface area contributed by atoms with Gasteiger partial charge in [0.2, 0.25) is 0 Å². The highest BCUT2D eigenvalue weighted by Gasteiger charge is 2.36. The van der Waals surface area contributed by atoms with E-state index in [1.807, 2.05) is 0 Å². The molecule has 1 aliphatic rings. The van der Waals surface area contributed by atoms with Gasteiger partial charge in [0.1, 0.15) is 6.10 Å². The van der Waals surface area contributed by atoms with Crippen LogP contribution in [0.4, 0.5) is 0 Å². The van der Waals surface area contributed by atoms with Gasteiger partial charge >= 0.3 is 0 Å².